The van der Waals surface area contributed by atoms with Gasteiger partial charge in [-0.25, -0.2) is 0 Å². The summed E-state index contributed by atoms with van der Waals surface area (Å²) in [6, 6.07) is 8.44. The van der Waals surface area contributed by atoms with Crippen LogP contribution in [0.2, 0.25) is 0 Å². The molecule has 0 aromatic heterocycles. The molecule has 1 aliphatic rings. The number of benzene rings is 1. The van der Waals surface area contributed by atoms with Gasteiger partial charge in [0, 0.05) is 26.2 Å². The van der Waals surface area contributed by atoms with E-state index in [0.29, 0.717) is 32.0 Å². The van der Waals surface area contributed by atoms with E-state index in [1.165, 1.54) is 5.56 Å². The van der Waals surface area contributed by atoms with Crippen LogP contribution in [-0.2, 0) is 11.3 Å². The molecule has 0 saturated carbocycles. The van der Waals surface area contributed by atoms with Gasteiger partial charge in [-0.15, -0.1) is 0 Å². The molecule has 2 N–H and O–H groups in total. The van der Waals surface area contributed by atoms with Crippen molar-refractivity contribution in [2.45, 2.75) is 65.5 Å². The largest absolute Gasteiger partial charge is 0.379 e. The zero-order chi connectivity index (χ0) is 18.7. The van der Waals surface area contributed by atoms with Crippen LogP contribution >= 0.6 is 0 Å². The molecule has 1 fully saturated rings. The van der Waals surface area contributed by atoms with Gasteiger partial charge in [-0.2, -0.15) is 0 Å². The summed E-state index contributed by atoms with van der Waals surface area (Å²) >= 11 is 0. The second-order valence-corrected chi connectivity index (χ2v) is 8.92. The van der Waals surface area contributed by atoms with Gasteiger partial charge in [-0.3, -0.25) is 4.79 Å². The van der Waals surface area contributed by atoms with Crippen molar-refractivity contribution in [3.63, 3.8) is 0 Å². The summed E-state index contributed by atoms with van der Waals surface area (Å²) in [5.41, 5.74) is 1.27. The van der Waals surface area contributed by atoms with E-state index in [0.717, 1.165) is 18.5 Å². The SMILES string of the molecule is CC(C)c1ccc(CN2CCC[C@@](O)(CNCC(C)(C)C)C2=O)cc1. The molecule has 1 heterocycles. The fourth-order valence-electron chi connectivity index (χ4n) is 3.25. The first-order valence-corrected chi connectivity index (χ1v) is 9.42. The third-order valence-electron chi connectivity index (χ3n) is 4.80. The van der Waals surface area contributed by atoms with Crippen LogP contribution in [0.5, 0.6) is 0 Å². The molecule has 1 aromatic carbocycles. The lowest BCUT2D eigenvalue weighted by atomic mass is 9.90. The van der Waals surface area contributed by atoms with Crippen LogP contribution < -0.4 is 5.32 Å². The monoisotopic (exact) mass is 346 g/mol. The molecular formula is C21H34N2O2. The zero-order valence-electron chi connectivity index (χ0n) is 16.4. The van der Waals surface area contributed by atoms with Crippen LogP contribution in [0.1, 0.15) is 64.5 Å². The number of carbonyl (C=O) groups excluding carboxylic acids is 1. The normalized spacial score (nSPS) is 21.9. The summed E-state index contributed by atoms with van der Waals surface area (Å²) < 4.78 is 0. The number of likely N-dealkylation sites (tertiary alicyclic amines) is 1. The molecule has 4 nitrogen and oxygen atoms in total. The van der Waals surface area contributed by atoms with Gasteiger partial charge in [0.2, 0.25) is 0 Å². The van der Waals surface area contributed by atoms with E-state index >= 15 is 0 Å². The third-order valence-corrected chi connectivity index (χ3v) is 4.80. The lowest BCUT2D eigenvalue weighted by Crippen LogP contribution is -2.58. The first-order chi connectivity index (χ1) is 11.6. The van der Waals surface area contributed by atoms with Gasteiger partial charge < -0.3 is 15.3 Å². The second kappa shape index (κ2) is 7.88. The summed E-state index contributed by atoms with van der Waals surface area (Å²) in [6.45, 7) is 13.2. The lowest BCUT2D eigenvalue weighted by molar-refractivity contribution is -0.157. The molecule has 0 radical (unpaired) electrons. The van der Waals surface area contributed by atoms with Gasteiger partial charge in [0.15, 0.2) is 5.60 Å². The highest BCUT2D eigenvalue weighted by molar-refractivity contribution is 5.86. The van der Waals surface area contributed by atoms with Crippen LogP contribution in [-0.4, -0.2) is 41.1 Å². The second-order valence-electron chi connectivity index (χ2n) is 8.92. The highest BCUT2D eigenvalue weighted by Crippen LogP contribution is 2.25. The number of hydrogen-bond acceptors (Lipinski definition) is 3. The zero-order valence-corrected chi connectivity index (χ0v) is 16.4. The van der Waals surface area contributed by atoms with Crippen LogP contribution in [0.3, 0.4) is 0 Å². The molecular weight excluding hydrogens is 312 g/mol. The summed E-state index contributed by atoms with van der Waals surface area (Å²) in [6.07, 6.45) is 1.37. The van der Waals surface area contributed by atoms with E-state index in [1.54, 1.807) is 4.90 Å². The van der Waals surface area contributed by atoms with Crippen molar-refractivity contribution in [1.29, 1.82) is 0 Å². The van der Waals surface area contributed by atoms with E-state index in [4.69, 9.17) is 0 Å². The van der Waals surface area contributed by atoms with Gasteiger partial charge in [0.05, 0.1) is 0 Å². The molecule has 4 heteroatoms. The molecule has 0 unspecified atom stereocenters. The molecule has 1 amide bonds. The maximum atomic E-state index is 12.8. The number of carbonyl (C=O) groups is 1. The summed E-state index contributed by atoms with van der Waals surface area (Å²) in [7, 11) is 0. The molecule has 1 aliphatic heterocycles. The topological polar surface area (TPSA) is 52.6 Å². The van der Waals surface area contributed by atoms with E-state index < -0.39 is 5.60 Å². The van der Waals surface area contributed by atoms with Crippen molar-refractivity contribution in [2.24, 2.45) is 5.41 Å². The van der Waals surface area contributed by atoms with Gasteiger partial charge in [0.1, 0.15) is 0 Å². The Labute approximate surface area is 152 Å². The fraction of sp³-hybridized carbons (Fsp3) is 0.667. The van der Waals surface area contributed by atoms with Crippen LogP contribution in [0, 0.1) is 5.41 Å². The average Bonchev–Trinajstić information content (AvgIpc) is 2.51. The van der Waals surface area contributed by atoms with Gasteiger partial charge in [-0.1, -0.05) is 58.9 Å². The molecule has 1 aromatic rings. The highest BCUT2D eigenvalue weighted by atomic mass is 16.3. The van der Waals surface area contributed by atoms with Gasteiger partial charge in [0.25, 0.3) is 5.91 Å². The lowest BCUT2D eigenvalue weighted by Gasteiger charge is -2.39. The Bertz CT molecular complexity index is 575. The minimum Gasteiger partial charge on any atom is -0.379 e. The third kappa shape index (κ3) is 5.55. The first-order valence-electron chi connectivity index (χ1n) is 9.42. The van der Waals surface area contributed by atoms with Crippen molar-refractivity contribution in [3.8, 4) is 0 Å². The van der Waals surface area contributed by atoms with Crippen molar-refractivity contribution < 1.29 is 9.90 Å². The molecule has 140 valence electrons. The number of hydrogen-bond donors (Lipinski definition) is 2. The van der Waals surface area contributed by atoms with Crippen LogP contribution in [0.25, 0.3) is 0 Å². The Morgan fingerprint density at radius 2 is 1.88 bits per heavy atom. The smallest absolute Gasteiger partial charge is 0.256 e. The number of rotatable bonds is 6. The summed E-state index contributed by atoms with van der Waals surface area (Å²) in [4.78, 5) is 14.6. The van der Waals surface area contributed by atoms with Crippen molar-refractivity contribution in [2.75, 3.05) is 19.6 Å². The molecule has 0 aliphatic carbocycles. The standard InChI is InChI=1S/C21H34N2O2/c1-16(2)18-9-7-17(8-10-18)13-23-12-6-11-21(25,19(23)24)15-22-14-20(3,4)5/h7-10,16,22,25H,6,11-15H2,1-5H3/t21-/m1/s1. The highest BCUT2D eigenvalue weighted by Gasteiger charge is 2.41. The van der Waals surface area contributed by atoms with Crippen molar-refractivity contribution >= 4 is 5.91 Å². The maximum absolute atomic E-state index is 12.8. The predicted molar refractivity (Wildman–Crippen MR) is 102 cm³/mol. The first kappa shape index (κ1) is 19.9. The van der Waals surface area contributed by atoms with E-state index in [1.807, 2.05) is 0 Å². The van der Waals surface area contributed by atoms with Gasteiger partial charge >= 0.3 is 0 Å². The van der Waals surface area contributed by atoms with Crippen molar-refractivity contribution in [3.05, 3.63) is 35.4 Å². The molecule has 0 bridgehead atoms. The molecule has 25 heavy (non-hydrogen) atoms. The van der Waals surface area contributed by atoms with E-state index in [2.05, 4.69) is 64.2 Å². The number of amides is 1. The molecule has 2 rings (SSSR count). The van der Waals surface area contributed by atoms with Gasteiger partial charge in [-0.05, 0) is 35.3 Å². The van der Waals surface area contributed by atoms with Crippen LogP contribution in [0.15, 0.2) is 24.3 Å². The number of nitrogens with one attached hydrogen (secondary N) is 1. The van der Waals surface area contributed by atoms with E-state index in [-0.39, 0.29) is 11.3 Å². The number of aliphatic hydroxyl groups is 1. The molecule has 1 atom stereocenters. The Hall–Kier alpha value is -1.39. The Kier molecular flexibility index (Phi) is 6.28. The Morgan fingerprint density at radius 3 is 2.44 bits per heavy atom. The van der Waals surface area contributed by atoms with E-state index in [9.17, 15) is 9.90 Å². The Morgan fingerprint density at radius 1 is 1.24 bits per heavy atom. The van der Waals surface area contributed by atoms with Crippen LogP contribution in [0.4, 0.5) is 0 Å². The molecule has 0 spiro atoms. The predicted octanol–water partition coefficient (Wildman–Crippen LogP) is 3.30. The average molecular weight is 347 g/mol. The quantitative estimate of drug-likeness (QED) is 0.831. The summed E-state index contributed by atoms with van der Waals surface area (Å²) in [5.74, 6) is 0.359. The molecule has 1 saturated heterocycles. The Balaban J connectivity index is 1.98. The van der Waals surface area contributed by atoms with Crippen molar-refractivity contribution in [1.82, 2.24) is 10.2 Å². The maximum Gasteiger partial charge on any atom is 0.256 e. The summed E-state index contributed by atoms with van der Waals surface area (Å²) in [5, 5.41) is 14.1. The number of nitrogens with zero attached hydrogens (tertiary/aromatic N) is 1. The number of piperidine rings is 1. The minimum absolute atomic E-state index is 0.131. The fourth-order valence-corrected chi connectivity index (χ4v) is 3.25. The minimum atomic E-state index is -1.28.